The zero-order chi connectivity index (χ0) is 29.3. The number of carbonyl (C=O) groups excluding carboxylic acids is 1. The molecule has 5 N–H and O–H groups in total. The van der Waals surface area contributed by atoms with E-state index in [2.05, 4.69) is 10.3 Å². The molecule has 4 rings (SSSR count). The van der Waals surface area contributed by atoms with Gasteiger partial charge in [-0.25, -0.2) is 9.37 Å². The summed E-state index contributed by atoms with van der Waals surface area (Å²) in [4.78, 5) is 17.0. The Kier molecular flexibility index (Phi) is 7.92. The number of ether oxygens (including phenoxy) is 3. The molecule has 2 atom stereocenters. The predicted molar refractivity (Wildman–Crippen MR) is 135 cm³/mol. The van der Waals surface area contributed by atoms with Crippen LogP contribution in [0, 0.1) is 5.82 Å². The molecule has 9 nitrogen and oxygen atoms in total. The summed E-state index contributed by atoms with van der Waals surface area (Å²) in [5, 5.41) is 22.2. The molecule has 2 unspecified atom stereocenters. The third kappa shape index (κ3) is 5.67. The van der Waals surface area contributed by atoms with Gasteiger partial charge in [-0.15, -0.1) is 0 Å². The van der Waals surface area contributed by atoms with Gasteiger partial charge in [-0.1, -0.05) is 0 Å². The maximum Gasteiger partial charge on any atom is 0.424 e. The molecule has 0 saturated heterocycles. The third-order valence-corrected chi connectivity index (χ3v) is 6.36. The van der Waals surface area contributed by atoms with Crippen LogP contribution in [-0.4, -0.2) is 60.8 Å². The summed E-state index contributed by atoms with van der Waals surface area (Å²) in [5.74, 6) is -1.12. The van der Waals surface area contributed by atoms with Gasteiger partial charge < -0.3 is 35.5 Å². The summed E-state index contributed by atoms with van der Waals surface area (Å²) in [7, 11) is 1.32. The molecule has 1 amide bonds. The molecule has 1 aliphatic rings. The van der Waals surface area contributed by atoms with Crippen molar-refractivity contribution in [2.24, 2.45) is 5.73 Å². The Labute approximate surface area is 226 Å². The van der Waals surface area contributed by atoms with Crippen LogP contribution in [0.5, 0.6) is 17.2 Å². The SMILES string of the molecule is COc1cc(OCCO)cc(C(=O)NCC(O)(c2cc3c(c(-c4ccc(F)cc4)n2)OCC3(C)N)C(F)(F)F)c1. The van der Waals surface area contributed by atoms with Gasteiger partial charge in [-0.3, -0.25) is 4.79 Å². The van der Waals surface area contributed by atoms with E-state index >= 15 is 0 Å². The topological polar surface area (TPSA) is 136 Å². The minimum absolute atomic E-state index is 0.0701. The Morgan fingerprint density at radius 1 is 1.18 bits per heavy atom. The number of pyridine rings is 1. The molecule has 1 aliphatic heterocycles. The Morgan fingerprint density at radius 2 is 1.85 bits per heavy atom. The van der Waals surface area contributed by atoms with Gasteiger partial charge in [-0.05, 0) is 49.4 Å². The Balaban J connectivity index is 1.74. The van der Waals surface area contributed by atoms with Gasteiger partial charge in [0.05, 0.1) is 31.5 Å². The van der Waals surface area contributed by atoms with Crippen molar-refractivity contribution in [2.75, 3.05) is 33.5 Å². The van der Waals surface area contributed by atoms with E-state index in [0.29, 0.717) is 0 Å². The van der Waals surface area contributed by atoms with Crippen LogP contribution in [0.15, 0.2) is 48.5 Å². The van der Waals surface area contributed by atoms with Gasteiger partial charge >= 0.3 is 6.18 Å². The third-order valence-electron chi connectivity index (χ3n) is 6.36. The predicted octanol–water partition coefficient (Wildman–Crippen LogP) is 3.01. The number of hydrogen-bond donors (Lipinski definition) is 4. The summed E-state index contributed by atoms with van der Waals surface area (Å²) in [5.41, 5.74) is 0.763. The molecule has 0 radical (unpaired) electrons. The average molecular weight is 566 g/mol. The fourth-order valence-electron chi connectivity index (χ4n) is 4.13. The molecule has 1 aromatic heterocycles. The van der Waals surface area contributed by atoms with E-state index < -0.39 is 41.3 Å². The monoisotopic (exact) mass is 565 g/mol. The van der Waals surface area contributed by atoms with E-state index in [4.69, 9.17) is 25.1 Å². The number of hydrogen-bond acceptors (Lipinski definition) is 8. The number of fused-ring (bicyclic) bond motifs is 1. The van der Waals surface area contributed by atoms with Gasteiger partial charge in [0, 0.05) is 22.8 Å². The van der Waals surface area contributed by atoms with Crippen LogP contribution in [0.1, 0.15) is 28.5 Å². The van der Waals surface area contributed by atoms with E-state index in [1.54, 1.807) is 6.92 Å². The van der Waals surface area contributed by atoms with Gasteiger partial charge in [0.15, 0.2) is 5.75 Å². The number of nitrogens with zero attached hydrogens (tertiary/aromatic N) is 1. The first kappa shape index (κ1) is 29.1. The van der Waals surface area contributed by atoms with Crippen molar-refractivity contribution >= 4 is 5.91 Å². The summed E-state index contributed by atoms with van der Waals surface area (Å²) in [6.45, 7) is -0.232. The summed E-state index contributed by atoms with van der Waals surface area (Å²) >= 11 is 0. The van der Waals surface area contributed by atoms with Crippen molar-refractivity contribution in [3.05, 3.63) is 71.2 Å². The largest absolute Gasteiger partial charge is 0.497 e. The molecular formula is C27H27F4N3O6. The smallest absolute Gasteiger partial charge is 0.424 e. The van der Waals surface area contributed by atoms with E-state index in [1.165, 1.54) is 37.4 Å². The lowest BCUT2D eigenvalue weighted by Gasteiger charge is -2.31. The van der Waals surface area contributed by atoms with E-state index in [0.717, 1.165) is 18.2 Å². The molecule has 13 heteroatoms. The van der Waals surface area contributed by atoms with Crippen LogP contribution in [0.3, 0.4) is 0 Å². The highest BCUT2D eigenvalue weighted by atomic mass is 19.4. The molecule has 214 valence electrons. The lowest BCUT2D eigenvalue weighted by Crippen LogP contribution is -2.51. The maximum atomic E-state index is 14.5. The number of nitrogens with one attached hydrogen (secondary N) is 1. The molecular weight excluding hydrogens is 538 g/mol. The van der Waals surface area contributed by atoms with Crippen LogP contribution in [0.25, 0.3) is 11.3 Å². The number of carbonyl (C=O) groups is 1. The fourth-order valence-corrected chi connectivity index (χ4v) is 4.13. The van der Waals surface area contributed by atoms with Crippen molar-refractivity contribution in [1.29, 1.82) is 0 Å². The van der Waals surface area contributed by atoms with E-state index in [1.807, 2.05) is 0 Å². The van der Waals surface area contributed by atoms with Crippen molar-refractivity contribution < 1.29 is 46.8 Å². The number of rotatable bonds is 9. The number of nitrogens with two attached hydrogens (primary N) is 1. The number of aliphatic hydroxyl groups is 2. The fraction of sp³-hybridized carbons (Fsp3) is 0.333. The summed E-state index contributed by atoms with van der Waals surface area (Å²) in [6, 6.07) is 9.78. The number of aromatic nitrogens is 1. The molecule has 0 bridgehead atoms. The van der Waals surface area contributed by atoms with Crippen LogP contribution in [0.4, 0.5) is 17.6 Å². The maximum absolute atomic E-state index is 14.5. The lowest BCUT2D eigenvalue weighted by atomic mass is 9.89. The Bertz CT molecular complexity index is 1400. The molecule has 0 saturated carbocycles. The van der Waals surface area contributed by atoms with Crippen molar-refractivity contribution in [2.45, 2.75) is 24.2 Å². The number of methoxy groups -OCH3 is 1. The lowest BCUT2D eigenvalue weighted by molar-refractivity contribution is -0.265. The summed E-state index contributed by atoms with van der Waals surface area (Å²) < 4.78 is 73.0. The second-order valence-corrected chi connectivity index (χ2v) is 9.46. The molecule has 2 aromatic carbocycles. The van der Waals surface area contributed by atoms with Gasteiger partial charge in [-0.2, -0.15) is 13.2 Å². The molecule has 0 fully saturated rings. The van der Waals surface area contributed by atoms with Crippen molar-refractivity contribution in [3.63, 3.8) is 0 Å². The van der Waals surface area contributed by atoms with E-state index in [-0.39, 0.29) is 59.5 Å². The Morgan fingerprint density at radius 3 is 2.48 bits per heavy atom. The van der Waals surface area contributed by atoms with Crippen molar-refractivity contribution in [1.82, 2.24) is 10.3 Å². The molecule has 2 heterocycles. The van der Waals surface area contributed by atoms with Crippen LogP contribution in [0.2, 0.25) is 0 Å². The number of amides is 1. The molecule has 0 spiro atoms. The molecule has 40 heavy (non-hydrogen) atoms. The standard InChI is InChI=1S/C27H27F4N3O6/c1-25(32)14-40-23-20(25)12-21(34-22(23)15-3-5-17(28)6-4-15)26(37,27(29,30)31)13-33-24(36)16-9-18(38-2)11-19(10-16)39-8-7-35/h3-6,9-12,35,37H,7-8,13-14,32H2,1-2H3,(H,33,36). The first-order valence-corrected chi connectivity index (χ1v) is 12.0. The highest BCUT2D eigenvalue weighted by Gasteiger charge is 2.57. The normalized spacial score (nSPS) is 17.9. The highest BCUT2D eigenvalue weighted by Crippen LogP contribution is 2.46. The minimum atomic E-state index is -5.30. The number of halogens is 4. The second-order valence-electron chi connectivity index (χ2n) is 9.46. The minimum Gasteiger partial charge on any atom is -0.497 e. The van der Waals surface area contributed by atoms with Gasteiger partial charge in [0.1, 0.15) is 36.2 Å². The number of aliphatic hydroxyl groups excluding tert-OH is 1. The van der Waals surface area contributed by atoms with Crippen LogP contribution < -0.4 is 25.3 Å². The number of benzene rings is 2. The van der Waals surface area contributed by atoms with Crippen LogP contribution >= 0.6 is 0 Å². The number of alkyl halides is 3. The zero-order valence-electron chi connectivity index (χ0n) is 21.5. The first-order valence-electron chi connectivity index (χ1n) is 12.0. The van der Waals surface area contributed by atoms with Gasteiger partial charge in [0.2, 0.25) is 5.60 Å². The quantitative estimate of drug-likeness (QED) is 0.291. The highest BCUT2D eigenvalue weighted by molar-refractivity contribution is 5.95. The Hall–Kier alpha value is -3.94. The van der Waals surface area contributed by atoms with Gasteiger partial charge in [0.25, 0.3) is 5.91 Å². The van der Waals surface area contributed by atoms with Crippen LogP contribution in [-0.2, 0) is 11.1 Å². The summed E-state index contributed by atoms with van der Waals surface area (Å²) in [6.07, 6.45) is -5.30. The molecule has 3 aromatic rings. The molecule has 0 aliphatic carbocycles. The zero-order valence-corrected chi connectivity index (χ0v) is 21.5. The first-order chi connectivity index (χ1) is 18.8. The second kappa shape index (κ2) is 10.9. The van der Waals surface area contributed by atoms with Crippen molar-refractivity contribution in [3.8, 4) is 28.5 Å². The van der Waals surface area contributed by atoms with E-state index in [9.17, 15) is 27.5 Å². The average Bonchev–Trinajstić information content (AvgIpc) is 3.23.